The van der Waals surface area contributed by atoms with Crippen LogP contribution in [0.25, 0.3) is 0 Å². The van der Waals surface area contributed by atoms with Gasteiger partial charge in [0.15, 0.2) is 5.41 Å². The molecule has 0 radical (unpaired) electrons. The minimum absolute atomic E-state index is 0.0914. The highest BCUT2D eigenvalue weighted by Crippen LogP contribution is 2.45. The smallest absolute Gasteiger partial charge is 0.406 e. The molecule has 1 atom stereocenters. The SMILES string of the molecule is O=C(CCCSc1ccc(Cl)cc1)N1CCC(C(=O)O)(C(F)(F)F)C1. The fourth-order valence-corrected chi connectivity index (χ4v) is 3.63. The Morgan fingerprint density at radius 2 is 1.92 bits per heavy atom. The van der Waals surface area contributed by atoms with Crippen LogP contribution in [0.1, 0.15) is 19.3 Å². The van der Waals surface area contributed by atoms with Crippen molar-refractivity contribution in [1.82, 2.24) is 4.90 Å². The average Bonchev–Trinajstić information content (AvgIpc) is 3.00. The van der Waals surface area contributed by atoms with Crippen LogP contribution in [0.5, 0.6) is 0 Å². The van der Waals surface area contributed by atoms with E-state index < -0.39 is 36.4 Å². The maximum absolute atomic E-state index is 13.1. The van der Waals surface area contributed by atoms with E-state index in [1.165, 1.54) is 11.8 Å². The summed E-state index contributed by atoms with van der Waals surface area (Å²) < 4.78 is 39.3. The van der Waals surface area contributed by atoms with Crippen LogP contribution in [0.4, 0.5) is 13.2 Å². The predicted octanol–water partition coefficient (Wildman–Crippen LogP) is 4.08. The summed E-state index contributed by atoms with van der Waals surface area (Å²) in [5.74, 6) is -1.73. The van der Waals surface area contributed by atoms with Crippen molar-refractivity contribution in [3.8, 4) is 0 Å². The fraction of sp³-hybridized carbons (Fsp3) is 0.500. The highest BCUT2D eigenvalue weighted by atomic mass is 35.5. The molecule has 9 heteroatoms. The normalized spacial score (nSPS) is 20.7. The first kappa shape index (κ1) is 19.9. The summed E-state index contributed by atoms with van der Waals surface area (Å²) in [6.45, 7) is -0.996. The Morgan fingerprint density at radius 3 is 2.44 bits per heavy atom. The number of thioether (sulfide) groups is 1. The number of carbonyl (C=O) groups excluding carboxylic acids is 1. The molecule has 138 valence electrons. The summed E-state index contributed by atoms with van der Waals surface area (Å²) in [7, 11) is 0. The first-order chi connectivity index (χ1) is 11.7. The van der Waals surface area contributed by atoms with Crippen LogP contribution in [0.15, 0.2) is 29.2 Å². The summed E-state index contributed by atoms with van der Waals surface area (Å²) in [6.07, 6.45) is -4.89. The summed E-state index contributed by atoms with van der Waals surface area (Å²) in [4.78, 5) is 25.2. The van der Waals surface area contributed by atoms with Crippen LogP contribution in [-0.4, -0.2) is 46.9 Å². The Morgan fingerprint density at radius 1 is 1.28 bits per heavy atom. The molecule has 1 unspecified atom stereocenters. The Kier molecular flexibility index (Phi) is 6.26. The molecule has 1 N–H and O–H groups in total. The van der Waals surface area contributed by atoms with E-state index in [4.69, 9.17) is 16.7 Å². The van der Waals surface area contributed by atoms with Gasteiger partial charge in [0.05, 0.1) is 0 Å². The zero-order valence-electron chi connectivity index (χ0n) is 13.2. The number of carbonyl (C=O) groups is 2. The molecule has 25 heavy (non-hydrogen) atoms. The lowest BCUT2D eigenvalue weighted by Gasteiger charge is -2.27. The molecule has 0 spiro atoms. The summed E-state index contributed by atoms with van der Waals surface area (Å²) in [5, 5.41) is 9.61. The van der Waals surface area contributed by atoms with Crippen LogP contribution in [0, 0.1) is 5.41 Å². The third-order valence-electron chi connectivity index (χ3n) is 4.19. The van der Waals surface area contributed by atoms with E-state index in [2.05, 4.69) is 0 Å². The maximum atomic E-state index is 13.1. The number of carboxylic acid groups (broad SMARTS) is 1. The number of nitrogens with zero attached hydrogens (tertiary/aromatic N) is 1. The molecule has 1 aliphatic rings. The molecule has 1 aliphatic heterocycles. The summed E-state index contributed by atoms with van der Waals surface area (Å²) in [6, 6.07) is 7.20. The van der Waals surface area contributed by atoms with Crippen molar-refractivity contribution in [3.05, 3.63) is 29.3 Å². The second-order valence-electron chi connectivity index (χ2n) is 5.86. The topological polar surface area (TPSA) is 57.6 Å². The molecule has 0 aliphatic carbocycles. The third-order valence-corrected chi connectivity index (χ3v) is 5.54. The van der Waals surface area contributed by atoms with E-state index in [0.29, 0.717) is 17.2 Å². The van der Waals surface area contributed by atoms with Crippen molar-refractivity contribution in [3.63, 3.8) is 0 Å². The predicted molar refractivity (Wildman–Crippen MR) is 88.7 cm³/mol. The minimum atomic E-state index is -4.88. The highest BCUT2D eigenvalue weighted by Gasteiger charge is 2.64. The molecule has 0 bridgehead atoms. The zero-order chi connectivity index (χ0) is 18.7. The summed E-state index contributed by atoms with van der Waals surface area (Å²) >= 11 is 7.30. The molecule has 1 aromatic carbocycles. The number of amides is 1. The van der Waals surface area contributed by atoms with Gasteiger partial charge in [0.1, 0.15) is 0 Å². The highest BCUT2D eigenvalue weighted by molar-refractivity contribution is 7.99. The van der Waals surface area contributed by atoms with Crippen LogP contribution >= 0.6 is 23.4 Å². The van der Waals surface area contributed by atoms with E-state index in [1.54, 1.807) is 12.1 Å². The van der Waals surface area contributed by atoms with Crippen molar-refractivity contribution in [1.29, 1.82) is 0 Å². The van der Waals surface area contributed by atoms with Gasteiger partial charge in [0.25, 0.3) is 0 Å². The number of alkyl halides is 3. The monoisotopic (exact) mass is 395 g/mol. The van der Waals surface area contributed by atoms with Gasteiger partial charge in [-0.25, -0.2) is 0 Å². The number of aliphatic carboxylic acids is 1. The number of likely N-dealkylation sites (tertiary alicyclic amines) is 1. The van der Waals surface area contributed by atoms with Gasteiger partial charge in [-0.1, -0.05) is 11.6 Å². The van der Waals surface area contributed by atoms with E-state index in [0.717, 1.165) is 9.80 Å². The lowest BCUT2D eigenvalue weighted by Crippen LogP contribution is -2.47. The Balaban J connectivity index is 1.82. The van der Waals surface area contributed by atoms with Gasteiger partial charge in [-0.3, -0.25) is 9.59 Å². The largest absolute Gasteiger partial charge is 0.481 e. The first-order valence-corrected chi connectivity index (χ1v) is 8.98. The molecule has 0 aromatic heterocycles. The first-order valence-electron chi connectivity index (χ1n) is 7.62. The molecular weight excluding hydrogens is 379 g/mol. The second-order valence-corrected chi connectivity index (χ2v) is 7.46. The van der Waals surface area contributed by atoms with Gasteiger partial charge in [-0.15, -0.1) is 11.8 Å². The second kappa shape index (κ2) is 7.86. The summed E-state index contributed by atoms with van der Waals surface area (Å²) in [5.41, 5.74) is -2.85. The van der Waals surface area contributed by atoms with E-state index in [-0.39, 0.29) is 13.0 Å². The van der Waals surface area contributed by atoms with Crippen LogP contribution in [0.2, 0.25) is 5.02 Å². The number of benzene rings is 1. The number of halogens is 4. The van der Waals surface area contributed by atoms with Gasteiger partial charge in [0, 0.05) is 29.4 Å². The van der Waals surface area contributed by atoms with Gasteiger partial charge in [0.2, 0.25) is 5.91 Å². The standard InChI is InChI=1S/C16H17ClF3NO3S/c17-11-3-5-12(6-4-11)25-9-1-2-13(22)21-8-7-15(10-21,14(23)24)16(18,19)20/h3-6H,1-2,7-10H2,(H,23,24). The van der Waals surface area contributed by atoms with E-state index >= 15 is 0 Å². The van der Waals surface area contributed by atoms with Gasteiger partial charge in [-0.05, 0) is 42.9 Å². The van der Waals surface area contributed by atoms with Gasteiger partial charge < -0.3 is 10.0 Å². The molecule has 1 saturated heterocycles. The van der Waals surface area contributed by atoms with Crippen molar-refractivity contribution in [2.24, 2.45) is 5.41 Å². The number of hydrogen-bond acceptors (Lipinski definition) is 3. The fourth-order valence-electron chi connectivity index (χ4n) is 2.65. The molecule has 1 heterocycles. The van der Waals surface area contributed by atoms with Crippen molar-refractivity contribution >= 4 is 35.2 Å². The van der Waals surface area contributed by atoms with Gasteiger partial charge in [-0.2, -0.15) is 13.2 Å². The van der Waals surface area contributed by atoms with Crippen molar-refractivity contribution < 1.29 is 27.9 Å². The molecule has 1 amide bonds. The molecule has 2 rings (SSSR count). The molecule has 4 nitrogen and oxygen atoms in total. The molecule has 1 fully saturated rings. The molecule has 1 aromatic rings. The third kappa shape index (κ3) is 4.61. The lowest BCUT2D eigenvalue weighted by atomic mass is 9.86. The Labute approximate surface area is 152 Å². The maximum Gasteiger partial charge on any atom is 0.406 e. The lowest BCUT2D eigenvalue weighted by molar-refractivity contribution is -0.227. The quantitative estimate of drug-likeness (QED) is 0.582. The Bertz CT molecular complexity index is 639. The van der Waals surface area contributed by atoms with Crippen molar-refractivity contribution in [2.75, 3.05) is 18.8 Å². The zero-order valence-corrected chi connectivity index (χ0v) is 14.8. The van der Waals surface area contributed by atoms with Crippen LogP contribution in [0.3, 0.4) is 0 Å². The van der Waals surface area contributed by atoms with Crippen LogP contribution in [-0.2, 0) is 9.59 Å². The Hall–Kier alpha value is -1.41. The van der Waals surface area contributed by atoms with Crippen molar-refractivity contribution in [2.45, 2.75) is 30.3 Å². The van der Waals surface area contributed by atoms with E-state index in [1.807, 2.05) is 12.1 Å². The van der Waals surface area contributed by atoms with Gasteiger partial charge >= 0.3 is 12.1 Å². The number of carboxylic acids is 1. The minimum Gasteiger partial charge on any atom is -0.481 e. The van der Waals surface area contributed by atoms with E-state index in [9.17, 15) is 22.8 Å². The molecular formula is C16H17ClF3NO3S. The number of hydrogen-bond donors (Lipinski definition) is 1. The average molecular weight is 396 g/mol. The number of rotatable bonds is 6. The van der Waals surface area contributed by atoms with Crippen LogP contribution < -0.4 is 0 Å². The molecule has 0 saturated carbocycles.